The summed E-state index contributed by atoms with van der Waals surface area (Å²) in [7, 11) is 2.09. The minimum absolute atomic E-state index is 0.0436. The number of pyridine rings is 1. The van der Waals surface area contributed by atoms with E-state index in [9.17, 15) is 4.79 Å². The number of likely N-dealkylation sites (N-methyl/N-ethyl adjacent to an activating group) is 1. The largest absolute Gasteiger partial charge is 0.335 e. The lowest BCUT2D eigenvalue weighted by Crippen LogP contribution is -2.42. The van der Waals surface area contributed by atoms with Gasteiger partial charge >= 0.3 is 0 Å². The number of aromatic nitrogens is 1. The Bertz CT molecular complexity index is 438. The second kappa shape index (κ2) is 5.67. The molecule has 5 heteroatoms. The first-order valence-electron chi connectivity index (χ1n) is 6.19. The zero-order valence-corrected chi connectivity index (χ0v) is 11.5. The molecule has 1 saturated heterocycles. The Morgan fingerprint density at radius 1 is 1.50 bits per heavy atom. The van der Waals surface area contributed by atoms with Gasteiger partial charge in [0.25, 0.3) is 5.91 Å². The molecule has 0 saturated carbocycles. The fourth-order valence-corrected chi connectivity index (χ4v) is 2.55. The van der Waals surface area contributed by atoms with E-state index in [1.54, 1.807) is 18.3 Å². The van der Waals surface area contributed by atoms with Gasteiger partial charge in [0, 0.05) is 30.9 Å². The maximum atomic E-state index is 12.4. The highest BCUT2D eigenvalue weighted by atomic mass is 35.5. The van der Waals surface area contributed by atoms with Crippen molar-refractivity contribution >= 4 is 17.5 Å². The van der Waals surface area contributed by atoms with Gasteiger partial charge in [-0.2, -0.15) is 0 Å². The molecule has 2 heterocycles. The van der Waals surface area contributed by atoms with Gasteiger partial charge in [-0.15, -0.1) is 0 Å². The molecule has 1 aliphatic rings. The van der Waals surface area contributed by atoms with Crippen molar-refractivity contribution in [2.24, 2.45) is 0 Å². The van der Waals surface area contributed by atoms with Gasteiger partial charge in [0.05, 0.1) is 0 Å². The molecule has 0 spiro atoms. The highest BCUT2D eigenvalue weighted by molar-refractivity contribution is 6.29. The average Bonchev–Trinajstić information content (AvgIpc) is 2.49. The molecule has 0 aliphatic carbocycles. The van der Waals surface area contributed by atoms with E-state index in [-0.39, 0.29) is 11.9 Å². The van der Waals surface area contributed by atoms with Crippen LogP contribution in [0.15, 0.2) is 18.3 Å². The van der Waals surface area contributed by atoms with Crippen LogP contribution in [0.2, 0.25) is 5.15 Å². The summed E-state index contributed by atoms with van der Waals surface area (Å²) in [6.45, 7) is 4.82. The van der Waals surface area contributed by atoms with Crippen LogP contribution < -0.4 is 0 Å². The summed E-state index contributed by atoms with van der Waals surface area (Å²) >= 11 is 5.83. The summed E-state index contributed by atoms with van der Waals surface area (Å²) in [6.07, 6.45) is 2.58. The van der Waals surface area contributed by atoms with Crippen LogP contribution in [0.4, 0.5) is 0 Å². The van der Waals surface area contributed by atoms with Crippen molar-refractivity contribution in [1.29, 1.82) is 0 Å². The number of rotatable bonds is 1. The van der Waals surface area contributed by atoms with E-state index in [4.69, 9.17) is 11.6 Å². The number of amides is 1. The van der Waals surface area contributed by atoms with Crippen LogP contribution in [0, 0.1) is 0 Å². The van der Waals surface area contributed by atoms with Gasteiger partial charge in [-0.05, 0) is 39.1 Å². The van der Waals surface area contributed by atoms with E-state index < -0.39 is 0 Å². The Balaban J connectivity index is 2.17. The molecule has 0 radical (unpaired) electrons. The van der Waals surface area contributed by atoms with Crippen molar-refractivity contribution in [3.63, 3.8) is 0 Å². The van der Waals surface area contributed by atoms with Gasteiger partial charge in [-0.25, -0.2) is 4.98 Å². The Morgan fingerprint density at radius 2 is 2.28 bits per heavy atom. The molecule has 1 fully saturated rings. The summed E-state index contributed by atoms with van der Waals surface area (Å²) in [5.74, 6) is 0.0436. The molecule has 1 aromatic heterocycles. The van der Waals surface area contributed by atoms with Gasteiger partial charge in [0.15, 0.2) is 0 Å². The minimum atomic E-state index is 0.0436. The number of carbonyl (C=O) groups excluding carboxylic acids is 1. The van der Waals surface area contributed by atoms with E-state index >= 15 is 0 Å². The maximum Gasteiger partial charge on any atom is 0.254 e. The molecule has 98 valence electrons. The molecular formula is C13H18ClN3O. The highest BCUT2D eigenvalue weighted by Gasteiger charge is 2.24. The fraction of sp³-hybridized carbons (Fsp3) is 0.538. The third-order valence-corrected chi connectivity index (χ3v) is 3.49. The normalized spacial score (nSPS) is 21.7. The predicted octanol–water partition coefficient (Wildman–Crippen LogP) is 1.90. The van der Waals surface area contributed by atoms with Crippen molar-refractivity contribution in [3.05, 3.63) is 29.0 Å². The zero-order chi connectivity index (χ0) is 13.1. The molecular weight excluding hydrogens is 250 g/mol. The summed E-state index contributed by atoms with van der Waals surface area (Å²) in [5.41, 5.74) is 0.617. The minimum Gasteiger partial charge on any atom is -0.335 e. The topological polar surface area (TPSA) is 36.4 Å². The van der Waals surface area contributed by atoms with Crippen LogP contribution in [-0.4, -0.2) is 53.4 Å². The second-order valence-electron chi connectivity index (χ2n) is 4.83. The second-order valence-corrected chi connectivity index (χ2v) is 5.22. The van der Waals surface area contributed by atoms with Crippen LogP contribution >= 0.6 is 11.6 Å². The lowest BCUT2D eigenvalue weighted by atomic mass is 10.2. The van der Waals surface area contributed by atoms with Crippen molar-refractivity contribution in [3.8, 4) is 0 Å². The van der Waals surface area contributed by atoms with Crippen LogP contribution in [0.1, 0.15) is 23.7 Å². The van der Waals surface area contributed by atoms with E-state index in [2.05, 4.69) is 23.9 Å². The molecule has 0 N–H and O–H groups in total. The number of halogens is 1. The first kappa shape index (κ1) is 13.3. The summed E-state index contributed by atoms with van der Waals surface area (Å²) in [4.78, 5) is 20.5. The standard InChI is InChI=1S/C13H18ClN3O/c1-10-9-16(2)6-3-7-17(10)13(18)11-4-5-15-12(14)8-11/h4-5,8,10H,3,6-7,9H2,1-2H3. The Kier molecular flexibility index (Phi) is 4.19. The summed E-state index contributed by atoms with van der Waals surface area (Å²) < 4.78 is 0. The zero-order valence-electron chi connectivity index (χ0n) is 10.8. The van der Waals surface area contributed by atoms with Crippen molar-refractivity contribution < 1.29 is 4.79 Å². The monoisotopic (exact) mass is 267 g/mol. The summed E-state index contributed by atoms with van der Waals surface area (Å²) in [5, 5.41) is 0.362. The van der Waals surface area contributed by atoms with E-state index in [1.807, 2.05) is 4.90 Å². The van der Waals surface area contributed by atoms with Crippen LogP contribution in [-0.2, 0) is 0 Å². The number of carbonyl (C=O) groups is 1. The Labute approximate surface area is 113 Å². The Morgan fingerprint density at radius 3 is 3.00 bits per heavy atom. The lowest BCUT2D eigenvalue weighted by molar-refractivity contribution is 0.0696. The number of nitrogens with zero attached hydrogens (tertiary/aromatic N) is 3. The molecule has 1 aliphatic heterocycles. The maximum absolute atomic E-state index is 12.4. The Hall–Kier alpha value is -1.13. The molecule has 4 nitrogen and oxygen atoms in total. The number of hydrogen-bond acceptors (Lipinski definition) is 3. The molecule has 18 heavy (non-hydrogen) atoms. The first-order valence-corrected chi connectivity index (χ1v) is 6.57. The summed E-state index contributed by atoms with van der Waals surface area (Å²) in [6, 6.07) is 3.57. The molecule has 1 atom stereocenters. The van der Waals surface area contributed by atoms with Crippen molar-refractivity contribution in [2.75, 3.05) is 26.7 Å². The SMILES string of the molecule is CC1CN(C)CCCN1C(=O)c1ccnc(Cl)c1. The van der Waals surface area contributed by atoms with Gasteiger partial charge < -0.3 is 9.80 Å². The lowest BCUT2D eigenvalue weighted by Gasteiger charge is -2.28. The van der Waals surface area contributed by atoms with Gasteiger partial charge in [0.2, 0.25) is 0 Å². The van der Waals surface area contributed by atoms with Crippen LogP contribution in [0.5, 0.6) is 0 Å². The first-order chi connectivity index (χ1) is 8.58. The predicted molar refractivity (Wildman–Crippen MR) is 71.9 cm³/mol. The van der Waals surface area contributed by atoms with Crippen molar-refractivity contribution in [1.82, 2.24) is 14.8 Å². The van der Waals surface area contributed by atoms with Gasteiger partial charge in [0.1, 0.15) is 5.15 Å². The van der Waals surface area contributed by atoms with E-state index in [1.165, 1.54) is 0 Å². The molecule has 1 unspecified atom stereocenters. The number of hydrogen-bond donors (Lipinski definition) is 0. The quantitative estimate of drug-likeness (QED) is 0.730. The van der Waals surface area contributed by atoms with Crippen molar-refractivity contribution in [2.45, 2.75) is 19.4 Å². The third-order valence-electron chi connectivity index (χ3n) is 3.28. The average molecular weight is 268 g/mol. The van der Waals surface area contributed by atoms with Gasteiger partial charge in [-0.1, -0.05) is 11.6 Å². The molecule has 1 aromatic rings. The fourth-order valence-electron chi connectivity index (χ4n) is 2.38. The third kappa shape index (κ3) is 3.00. The highest BCUT2D eigenvalue weighted by Crippen LogP contribution is 2.15. The molecule has 1 amide bonds. The van der Waals surface area contributed by atoms with E-state index in [0.717, 1.165) is 26.1 Å². The molecule has 2 rings (SSSR count). The van der Waals surface area contributed by atoms with Crippen LogP contribution in [0.25, 0.3) is 0 Å². The smallest absolute Gasteiger partial charge is 0.254 e. The molecule has 0 aromatic carbocycles. The molecule has 0 bridgehead atoms. The van der Waals surface area contributed by atoms with E-state index in [0.29, 0.717) is 10.7 Å². The van der Waals surface area contributed by atoms with Crippen LogP contribution in [0.3, 0.4) is 0 Å². The van der Waals surface area contributed by atoms with Gasteiger partial charge in [-0.3, -0.25) is 4.79 Å².